The fraction of sp³-hybridized carbons (Fsp3) is 1.00. The SMILES string of the molecule is CCCCC(CC)COP(=O)(OCC(C)CC)OCC(CC)CCCC. The van der Waals surface area contributed by atoms with Crippen molar-refractivity contribution >= 4 is 7.82 Å². The van der Waals surface area contributed by atoms with Crippen LogP contribution in [-0.2, 0) is 18.1 Å². The van der Waals surface area contributed by atoms with Gasteiger partial charge >= 0.3 is 7.82 Å². The van der Waals surface area contributed by atoms with Gasteiger partial charge in [-0.15, -0.1) is 0 Å². The van der Waals surface area contributed by atoms with Crippen LogP contribution in [0.15, 0.2) is 0 Å². The van der Waals surface area contributed by atoms with Crippen LogP contribution in [0.5, 0.6) is 0 Å². The van der Waals surface area contributed by atoms with E-state index < -0.39 is 7.82 Å². The molecule has 4 nitrogen and oxygen atoms in total. The highest BCUT2D eigenvalue weighted by molar-refractivity contribution is 7.48. The van der Waals surface area contributed by atoms with E-state index in [1.54, 1.807) is 0 Å². The first kappa shape index (κ1) is 26.1. The first-order valence-corrected chi connectivity index (χ1v) is 12.4. The summed E-state index contributed by atoms with van der Waals surface area (Å²) in [4.78, 5) is 0. The molecule has 5 heteroatoms. The van der Waals surface area contributed by atoms with Gasteiger partial charge in [-0.25, -0.2) is 4.57 Å². The van der Waals surface area contributed by atoms with Crippen LogP contribution in [0, 0.1) is 17.8 Å². The Bertz CT molecular complexity index is 338. The van der Waals surface area contributed by atoms with Crippen molar-refractivity contribution < 1.29 is 18.1 Å². The van der Waals surface area contributed by atoms with E-state index in [1.807, 2.05) is 0 Å². The van der Waals surface area contributed by atoms with Crippen molar-refractivity contribution in [2.75, 3.05) is 19.8 Å². The lowest BCUT2D eigenvalue weighted by molar-refractivity contribution is 0.0761. The summed E-state index contributed by atoms with van der Waals surface area (Å²) < 4.78 is 30.4. The molecule has 0 aromatic heterocycles. The lowest BCUT2D eigenvalue weighted by atomic mass is 10.0. The van der Waals surface area contributed by atoms with E-state index in [0.717, 1.165) is 32.1 Å². The molecular formula is C21H45O4P. The first-order valence-electron chi connectivity index (χ1n) is 11.0. The van der Waals surface area contributed by atoms with Gasteiger partial charge in [-0.1, -0.05) is 86.5 Å². The Morgan fingerprint density at radius 3 is 1.46 bits per heavy atom. The summed E-state index contributed by atoms with van der Waals surface area (Å²) in [6.45, 7) is 14.2. The zero-order valence-electron chi connectivity index (χ0n) is 18.3. The zero-order chi connectivity index (χ0) is 19.8. The highest BCUT2D eigenvalue weighted by Crippen LogP contribution is 2.51. The lowest BCUT2D eigenvalue weighted by Gasteiger charge is -2.24. The van der Waals surface area contributed by atoms with E-state index in [9.17, 15) is 4.57 Å². The molecule has 0 heterocycles. The van der Waals surface area contributed by atoms with E-state index >= 15 is 0 Å². The Kier molecular flexibility index (Phi) is 16.2. The lowest BCUT2D eigenvalue weighted by Crippen LogP contribution is -2.15. The summed E-state index contributed by atoms with van der Waals surface area (Å²) in [5, 5.41) is 0. The van der Waals surface area contributed by atoms with Gasteiger partial charge in [0, 0.05) is 0 Å². The van der Waals surface area contributed by atoms with Crippen LogP contribution in [0.1, 0.15) is 99.3 Å². The van der Waals surface area contributed by atoms with Crippen LogP contribution in [0.2, 0.25) is 0 Å². The number of rotatable bonds is 18. The average molecular weight is 393 g/mol. The summed E-state index contributed by atoms with van der Waals surface area (Å²) in [7, 11) is -3.48. The third-order valence-electron chi connectivity index (χ3n) is 5.24. The second-order valence-corrected chi connectivity index (χ2v) is 9.35. The topological polar surface area (TPSA) is 44.8 Å². The van der Waals surface area contributed by atoms with Gasteiger partial charge in [0.15, 0.2) is 0 Å². The van der Waals surface area contributed by atoms with Gasteiger partial charge in [0.1, 0.15) is 0 Å². The summed E-state index contributed by atoms with van der Waals surface area (Å²) in [5.41, 5.74) is 0. The third kappa shape index (κ3) is 12.5. The van der Waals surface area contributed by atoms with Crippen molar-refractivity contribution in [3.8, 4) is 0 Å². The van der Waals surface area contributed by atoms with Crippen molar-refractivity contribution in [1.82, 2.24) is 0 Å². The summed E-state index contributed by atoms with van der Waals surface area (Å²) >= 11 is 0. The number of phosphoric acid groups is 1. The van der Waals surface area contributed by atoms with Crippen LogP contribution < -0.4 is 0 Å². The number of hydrogen-bond donors (Lipinski definition) is 0. The predicted octanol–water partition coefficient (Wildman–Crippen LogP) is 7.62. The van der Waals surface area contributed by atoms with E-state index in [0.29, 0.717) is 37.6 Å². The summed E-state index contributed by atoms with van der Waals surface area (Å²) in [6, 6.07) is 0. The Hall–Kier alpha value is 0.110. The van der Waals surface area contributed by atoms with Crippen molar-refractivity contribution in [3.63, 3.8) is 0 Å². The van der Waals surface area contributed by atoms with Crippen LogP contribution >= 0.6 is 7.82 Å². The highest BCUT2D eigenvalue weighted by atomic mass is 31.2. The maximum Gasteiger partial charge on any atom is 0.474 e. The normalized spacial score (nSPS) is 17.6. The Morgan fingerprint density at radius 1 is 0.692 bits per heavy atom. The molecule has 0 fully saturated rings. The van der Waals surface area contributed by atoms with E-state index in [4.69, 9.17) is 13.6 Å². The van der Waals surface area contributed by atoms with Crippen LogP contribution in [0.3, 0.4) is 0 Å². The van der Waals surface area contributed by atoms with Gasteiger partial charge in [0.05, 0.1) is 19.8 Å². The van der Waals surface area contributed by atoms with Gasteiger partial charge in [-0.3, -0.25) is 13.6 Å². The molecule has 0 radical (unpaired) electrons. The Morgan fingerprint density at radius 2 is 1.12 bits per heavy atom. The molecule has 0 aliphatic carbocycles. The van der Waals surface area contributed by atoms with Crippen molar-refractivity contribution in [2.45, 2.75) is 99.3 Å². The molecule has 26 heavy (non-hydrogen) atoms. The maximum absolute atomic E-state index is 13.2. The van der Waals surface area contributed by atoms with Crippen molar-refractivity contribution in [1.29, 1.82) is 0 Å². The minimum atomic E-state index is -3.48. The predicted molar refractivity (Wildman–Crippen MR) is 112 cm³/mol. The Labute approximate surface area is 163 Å². The molecule has 3 unspecified atom stereocenters. The van der Waals surface area contributed by atoms with Crippen molar-refractivity contribution in [2.24, 2.45) is 17.8 Å². The average Bonchev–Trinajstić information content (AvgIpc) is 2.66. The number of hydrogen-bond acceptors (Lipinski definition) is 4. The molecule has 0 N–H and O–H groups in total. The van der Waals surface area contributed by atoms with Gasteiger partial charge in [0.2, 0.25) is 0 Å². The monoisotopic (exact) mass is 392 g/mol. The largest absolute Gasteiger partial charge is 0.474 e. The minimum Gasteiger partial charge on any atom is -0.287 e. The first-order chi connectivity index (χ1) is 12.4. The molecule has 0 aromatic carbocycles. The quantitative estimate of drug-likeness (QED) is 0.225. The highest BCUT2D eigenvalue weighted by Gasteiger charge is 2.29. The molecule has 158 valence electrons. The fourth-order valence-electron chi connectivity index (χ4n) is 2.64. The molecular weight excluding hydrogens is 347 g/mol. The molecule has 0 amide bonds. The van der Waals surface area contributed by atoms with Crippen molar-refractivity contribution in [3.05, 3.63) is 0 Å². The smallest absolute Gasteiger partial charge is 0.287 e. The molecule has 0 aliphatic rings. The standard InChI is InChI=1S/C21H45O4P/c1-7-12-14-20(10-4)17-24-26(22,23-16-19(6)9-3)25-18-21(11-5)15-13-8-2/h19-21H,7-18H2,1-6H3. The summed E-state index contributed by atoms with van der Waals surface area (Å²) in [5.74, 6) is 1.18. The zero-order valence-corrected chi connectivity index (χ0v) is 19.2. The van der Waals surface area contributed by atoms with Gasteiger partial charge in [0.25, 0.3) is 0 Å². The molecule has 0 bridgehead atoms. The van der Waals surface area contributed by atoms with E-state index in [-0.39, 0.29) is 0 Å². The van der Waals surface area contributed by atoms with Gasteiger partial charge in [-0.05, 0) is 30.6 Å². The summed E-state index contributed by atoms with van der Waals surface area (Å²) in [6.07, 6.45) is 9.95. The Balaban J connectivity index is 4.73. The second-order valence-electron chi connectivity index (χ2n) is 7.68. The molecule has 0 aliphatic heterocycles. The number of unbranched alkanes of at least 4 members (excludes halogenated alkanes) is 2. The fourth-order valence-corrected chi connectivity index (χ4v) is 4.09. The molecule has 0 rings (SSSR count). The molecule has 3 atom stereocenters. The van der Waals surface area contributed by atoms with Crippen LogP contribution in [0.4, 0.5) is 0 Å². The molecule has 0 saturated carbocycles. The molecule has 0 aromatic rings. The maximum atomic E-state index is 13.2. The number of phosphoric ester groups is 1. The minimum absolute atomic E-state index is 0.347. The third-order valence-corrected chi connectivity index (χ3v) is 6.63. The second kappa shape index (κ2) is 16.1. The van der Waals surface area contributed by atoms with Gasteiger partial charge in [-0.2, -0.15) is 0 Å². The van der Waals surface area contributed by atoms with Gasteiger partial charge < -0.3 is 0 Å². The van der Waals surface area contributed by atoms with E-state index in [1.165, 1.54) is 25.7 Å². The van der Waals surface area contributed by atoms with E-state index in [2.05, 4.69) is 41.5 Å². The van der Waals surface area contributed by atoms with Crippen LogP contribution in [-0.4, -0.2) is 19.8 Å². The molecule has 0 saturated heterocycles. The van der Waals surface area contributed by atoms with Crippen LogP contribution in [0.25, 0.3) is 0 Å². The molecule has 0 spiro atoms.